The van der Waals surface area contributed by atoms with Gasteiger partial charge in [0.1, 0.15) is 0 Å². The van der Waals surface area contributed by atoms with Gasteiger partial charge in [-0.05, 0) is 42.4 Å². The summed E-state index contributed by atoms with van der Waals surface area (Å²) in [6.45, 7) is 10.8. The summed E-state index contributed by atoms with van der Waals surface area (Å²) in [5, 5.41) is 0.791. The van der Waals surface area contributed by atoms with Crippen LogP contribution in [0.5, 0.6) is 0 Å². The lowest BCUT2D eigenvalue weighted by Crippen LogP contribution is -2.40. The zero-order valence-electron chi connectivity index (χ0n) is 14.9. The van der Waals surface area contributed by atoms with E-state index in [9.17, 15) is 4.39 Å². The lowest BCUT2D eigenvalue weighted by Gasteiger charge is -2.36. The number of halogens is 4. The molecule has 2 rings (SSSR count). The van der Waals surface area contributed by atoms with E-state index in [0.29, 0.717) is 26.9 Å². The maximum Gasteiger partial charge on any atom is 0.192 e. The van der Waals surface area contributed by atoms with Crippen molar-refractivity contribution in [2.45, 2.75) is 45.5 Å². The molecule has 2 aromatic rings. The van der Waals surface area contributed by atoms with Crippen LogP contribution >= 0.6 is 34.8 Å². The molecule has 7 heteroatoms. The van der Waals surface area contributed by atoms with Crippen molar-refractivity contribution < 1.29 is 8.82 Å². The molecule has 0 spiro atoms. The molecule has 1 aromatic heterocycles. The van der Waals surface area contributed by atoms with Gasteiger partial charge in [-0.15, -0.1) is 0 Å². The van der Waals surface area contributed by atoms with Crippen molar-refractivity contribution in [1.29, 1.82) is 0 Å². The SMILES string of the molecule is CC(C)(C)[Si](C)(C)OCc1cc(-c2cc(Cl)cc(Cl)c2)nc(Cl)c1F. The Morgan fingerprint density at radius 3 is 2.12 bits per heavy atom. The molecule has 0 saturated carbocycles. The van der Waals surface area contributed by atoms with Gasteiger partial charge in [0.15, 0.2) is 19.3 Å². The highest BCUT2D eigenvalue weighted by Gasteiger charge is 2.37. The Morgan fingerprint density at radius 2 is 1.60 bits per heavy atom. The van der Waals surface area contributed by atoms with Gasteiger partial charge in [0.25, 0.3) is 0 Å². The molecule has 0 aliphatic heterocycles. The number of benzene rings is 1. The minimum atomic E-state index is -2.01. The Balaban J connectivity index is 2.38. The summed E-state index contributed by atoms with van der Waals surface area (Å²) in [6, 6.07) is 6.68. The molecule has 0 saturated heterocycles. The minimum absolute atomic E-state index is 0.0314. The van der Waals surface area contributed by atoms with Crippen LogP contribution in [-0.2, 0) is 11.0 Å². The summed E-state index contributed by atoms with van der Waals surface area (Å²) in [7, 11) is -2.01. The van der Waals surface area contributed by atoms with Gasteiger partial charge in [-0.25, -0.2) is 9.37 Å². The number of hydrogen-bond donors (Lipinski definition) is 0. The van der Waals surface area contributed by atoms with E-state index in [0.717, 1.165) is 0 Å². The largest absolute Gasteiger partial charge is 0.412 e. The average Bonchev–Trinajstić information content (AvgIpc) is 2.46. The van der Waals surface area contributed by atoms with Crippen LogP contribution in [0.1, 0.15) is 26.3 Å². The molecule has 2 nitrogen and oxygen atoms in total. The summed E-state index contributed by atoms with van der Waals surface area (Å²) >= 11 is 18.1. The molecule has 0 bridgehead atoms. The molecule has 0 aliphatic rings. The maximum atomic E-state index is 14.4. The van der Waals surface area contributed by atoms with E-state index in [1.165, 1.54) is 0 Å². The zero-order chi connectivity index (χ0) is 19.0. The van der Waals surface area contributed by atoms with Crippen LogP contribution in [0, 0.1) is 5.82 Å². The van der Waals surface area contributed by atoms with Crippen LogP contribution in [0.25, 0.3) is 11.3 Å². The third kappa shape index (κ3) is 4.95. The summed E-state index contributed by atoms with van der Waals surface area (Å²) in [5.74, 6) is -0.558. The fourth-order valence-electron chi connectivity index (χ4n) is 1.98. The van der Waals surface area contributed by atoms with Crippen LogP contribution in [0.15, 0.2) is 24.3 Å². The molecular formula is C18H21Cl3FNOSi. The highest BCUT2D eigenvalue weighted by Crippen LogP contribution is 2.37. The van der Waals surface area contributed by atoms with Crippen molar-refractivity contribution in [3.05, 3.63) is 50.8 Å². The summed E-state index contributed by atoms with van der Waals surface area (Å²) in [4.78, 5) is 4.11. The van der Waals surface area contributed by atoms with E-state index in [1.54, 1.807) is 24.3 Å². The summed E-state index contributed by atoms with van der Waals surface area (Å²) in [6.07, 6.45) is 0. The molecule has 1 heterocycles. The molecule has 1 aromatic carbocycles. The van der Waals surface area contributed by atoms with Crippen LogP contribution in [0.2, 0.25) is 33.3 Å². The van der Waals surface area contributed by atoms with Crippen molar-refractivity contribution in [3.8, 4) is 11.3 Å². The van der Waals surface area contributed by atoms with Crippen molar-refractivity contribution in [2.24, 2.45) is 0 Å². The van der Waals surface area contributed by atoms with E-state index in [1.807, 2.05) is 0 Å². The van der Waals surface area contributed by atoms with Crippen molar-refractivity contribution >= 4 is 43.1 Å². The minimum Gasteiger partial charge on any atom is -0.412 e. The van der Waals surface area contributed by atoms with Gasteiger partial charge in [0.2, 0.25) is 0 Å². The molecular weight excluding hydrogens is 400 g/mol. The first kappa shape index (κ1) is 20.7. The molecule has 0 atom stereocenters. The topological polar surface area (TPSA) is 22.1 Å². The van der Waals surface area contributed by atoms with Crippen LogP contribution in [-0.4, -0.2) is 13.3 Å². The smallest absolute Gasteiger partial charge is 0.192 e. The van der Waals surface area contributed by atoms with E-state index in [4.69, 9.17) is 39.2 Å². The number of aromatic nitrogens is 1. The zero-order valence-corrected chi connectivity index (χ0v) is 18.2. The highest BCUT2D eigenvalue weighted by atomic mass is 35.5. The lowest BCUT2D eigenvalue weighted by atomic mass is 10.1. The molecule has 136 valence electrons. The van der Waals surface area contributed by atoms with E-state index in [2.05, 4.69) is 38.8 Å². The number of nitrogens with zero attached hydrogens (tertiary/aromatic N) is 1. The predicted molar refractivity (Wildman–Crippen MR) is 107 cm³/mol. The van der Waals surface area contributed by atoms with E-state index >= 15 is 0 Å². The van der Waals surface area contributed by atoms with Gasteiger partial charge in [-0.2, -0.15) is 0 Å². The molecule has 0 N–H and O–H groups in total. The van der Waals surface area contributed by atoms with Crippen molar-refractivity contribution in [2.75, 3.05) is 0 Å². The molecule has 0 amide bonds. The van der Waals surface area contributed by atoms with Crippen molar-refractivity contribution in [3.63, 3.8) is 0 Å². The highest BCUT2D eigenvalue weighted by molar-refractivity contribution is 6.74. The number of rotatable bonds is 4. The number of pyridine rings is 1. The first-order chi connectivity index (χ1) is 11.4. The van der Waals surface area contributed by atoms with Crippen LogP contribution < -0.4 is 0 Å². The van der Waals surface area contributed by atoms with Gasteiger partial charge in [0, 0.05) is 21.2 Å². The fourth-order valence-corrected chi connectivity index (χ4v) is 3.67. The Bertz CT molecular complexity index is 770. The number of hydrogen-bond acceptors (Lipinski definition) is 2. The molecule has 25 heavy (non-hydrogen) atoms. The normalized spacial score (nSPS) is 12.5. The standard InChI is InChI=1S/C18H21Cl3FNOSi/c1-18(2,3)25(4,5)24-10-12-8-15(23-17(21)16(12)22)11-6-13(19)9-14(20)7-11/h6-9H,10H2,1-5H3. The van der Waals surface area contributed by atoms with Gasteiger partial charge in [-0.3, -0.25) is 0 Å². The van der Waals surface area contributed by atoms with Gasteiger partial charge < -0.3 is 4.43 Å². The van der Waals surface area contributed by atoms with E-state index in [-0.39, 0.29) is 16.8 Å². The van der Waals surface area contributed by atoms with Crippen LogP contribution in [0.4, 0.5) is 4.39 Å². The monoisotopic (exact) mass is 419 g/mol. The third-order valence-electron chi connectivity index (χ3n) is 4.55. The first-order valence-electron chi connectivity index (χ1n) is 7.86. The quantitative estimate of drug-likeness (QED) is 0.380. The second-order valence-corrected chi connectivity index (χ2v) is 13.5. The van der Waals surface area contributed by atoms with Crippen LogP contribution in [0.3, 0.4) is 0 Å². The fraction of sp³-hybridized carbons (Fsp3) is 0.389. The Kier molecular flexibility index (Phi) is 6.22. The summed E-state index contributed by atoms with van der Waals surface area (Å²) in [5.41, 5.74) is 1.55. The Labute approximate surface area is 164 Å². The van der Waals surface area contributed by atoms with Gasteiger partial charge in [0.05, 0.1) is 12.3 Å². The Hall–Kier alpha value is -0.653. The lowest BCUT2D eigenvalue weighted by molar-refractivity contribution is 0.271. The second-order valence-electron chi connectivity index (χ2n) is 7.48. The summed E-state index contributed by atoms with van der Waals surface area (Å²) < 4.78 is 20.5. The molecule has 0 fully saturated rings. The second kappa shape index (κ2) is 7.53. The third-order valence-corrected chi connectivity index (χ3v) is 9.71. The molecule has 0 aliphatic carbocycles. The first-order valence-corrected chi connectivity index (χ1v) is 11.9. The van der Waals surface area contributed by atoms with Crippen molar-refractivity contribution in [1.82, 2.24) is 4.98 Å². The maximum absolute atomic E-state index is 14.4. The van der Waals surface area contributed by atoms with E-state index < -0.39 is 14.1 Å². The molecule has 0 unspecified atom stereocenters. The van der Waals surface area contributed by atoms with Gasteiger partial charge >= 0.3 is 0 Å². The van der Waals surface area contributed by atoms with Gasteiger partial charge in [-0.1, -0.05) is 55.6 Å². The molecule has 0 radical (unpaired) electrons. The predicted octanol–water partition coefficient (Wildman–Crippen LogP) is 7.37. The Morgan fingerprint density at radius 1 is 1.04 bits per heavy atom. The average molecular weight is 421 g/mol.